The predicted molar refractivity (Wildman–Crippen MR) is 127 cm³/mol. The summed E-state index contributed by atoms with van der Waals surface area (Å²) in [5, 5.41) is 0.574. The second-order valence-electron chi connectivity index (χ2n) is 7.75. The van der Waals surface area contributed by atoms with Crippen LogP contribution >= 0.6 is 11.6 Å². The van der Waals surface area contributed by atoms with E-state index in [1.807, 2.05) is 0 Å². The fourth-order valence-corrected chi connectivity index (χ4v) is 3.77. The first-order valence-electron chi connectivity index (χ1n) is 10.6. The molecule has 176 valence electrons. The zero-order valence-corrected chi connectivity index (χ0v) is 19.1. The molecule has 0 unspecified atom stereocenters. The van der Waals surface area contributed by atoms with Crippen molar-refractivity contribution in [2.45, 2.75) is 13.0 Å². The maximum atomic E-state index is 13.2. The second kappa shape index (κ2) is 10.4. The van der Waals surface area contributed by atoms with Gasteiger partial charge in [0.05, 0.1) is 18.7 Å². The van der Waals surface area contributed by atoms with E-state index < -0.39 is 5.92 Å². The Hall–Kier alpha value is -3.78. The number of amides is 2. The number of carbonyl (C=O) groups excluding carboxylic acids is 2. The highest BCUT2D eigenvalue weighted by molar-refractivity contribution is 6.30. The quantitative estimate of drug-likeness (QED) is 0.459. The minimum absolute atomic E-state index is 0.0994. The molecular formula is C25H23ClFN3O4. The Labute approximate surface area is 201 Å². The number of hydrazine groups is 1. The van der Waals surface area contributed by atoms with E-state index in [1.54, 1.807) is 59.5 Å². The molecule has 0 bridgehead atoms. The van der Waals surface area contributed by atoms with Crippen LogP contribution in [-0.2, 0) is 16.2 Å². The van der Waals surface area contributed by atoms with Crippen molar-refractivity contribution in [3.63, 3.8) is 0 Å². The number of methoxy groups -OCH3 is 1. The van der Waals surface area contributed by atoms with Crippen molar-refractivity contribution in [3.05, 3.63) is 83.1 Å². The molecule has 3 aromatic carbocycles. The van der Waals surface area contributed by atoms with Crippen LogP contribution in [0.4, 0.5) is 15.8 Å². The summed E-state index contributed by atoms with van der Waals surface area (Å²) in [6.07, 6.45) is 0.0994. The zero-order chi connectivity index (χ0) is 24.1. The normalized spacial score (nSPS) is 15.2. The number of benzene rings is 3. The van der Waals surface area contributed by atoms with Crippen LogP contribution < -0.4 is 25.2 Å². The number of nitrogens with one attached hydrogen (secondary N) is 2. The third kappa shape index (κ3) is 5.40. The van der Waals surface area contributed by atoms with Gasteiger partial charge in [-0.25, -0.2) is 4.39 Å². The highest BCUT2D eigenvalue weighted by Gasteiger charge is 2.35. The fraction of sp³-hybridized carbons (Fsp3) is 0.200. The summed E-state index contributed by atoms with van der Waals surface area (Å²) >= 11 is 5.92. The van der Waals surface area contributed by atoms with Gasteiger partial charge in [-0.2, -0.15) is 0 Å². The molecule has 1 atom stereocenters. The average molecular weight is 484 g/mol. The number of hydrogen-bond acceptors (Lipinski definition) is 5. The Bertz CT molecular complexity index is 1170. The van der Waals surface area contributed by atoms with Gasteiger partial charge in [0.15, 0.2) is 11.5 Å². The third-order valence-electron chi connectivity index (χ3n) is 5.45. The van der Waals surface area contributed by atoms with Crippen LogP contribution in [0.3, 0.4) is 0 Å². The van der Waals surface area contributed by atoms with E-state index >= 15 is 0 Å². The molecule has 34 heavy (non-hydrogen) atoms. The Kier molecular flexibility index (Phi) is 7.18. The molecule has 1 fully saturated rings. The van der Waals surface area contributed by atoms with Crippen molar-refractivity contribution in [1.29, 1.82) is 0 Å². The molecule has 1 aliphatic rings. The van der Waals surface area contributed by atoms with Crippen LogP contribution in [0.1, 0.15) is 12.0 Å². The van der Waals surface area contributed by atoms with Crippen molar-refractivity contribution >= 4 is 34.8 Å². The number of para-hydroxylation sites is 1. The Morgan fingerprint density at radius 1 is 1.12 bits per heavy atom. The summed E-state index contributed by atoms with van der Waals surface area (Å²) < 4.78 is 24.5. The summed E-state index contributed by atoms with van der Waals surface area (Å²) in [5.41, 5.74) is 7.49. The van der Waals surface area contributed by atoms with E-state index in [0.717, 1.165) is 5.56 Å². The van der Waals surface area contributed by atoms with E-state index in [4.69, 9.17) is 21.1 Å². The molecule has 0 aromatic heterocycles. The molecule has 1 heterocycles. The number of hydrogen-bond donors (Lipinski definition) is 2. The predicted octanol–water partition coefficient (Wildman–Crippen LogP) is 4.56. The van der Waals surface area contributed by atoms with Crippen molar-refractivity contribution < 1.29 is 23.5 Å². The van der Waals surface area contributed by atoms with Gasteiger partial charge < -0.3 is 14.4 Å². The number of halogens is 2. The molecule has 3 aromatic rings. The van der Waals surface area contributed by atoms with E-state index in [9.17, 15) is 14.0 Å². The molecule has 1 saturated heterocycles. The Balaban J connectivity index is 1.40. The zero-order valence-electron chi connectivity index (χ0n) is 18.4. The molecule has 7 nitrogen and oxygen atoms in total. The van der Waals surface area contributed by atoms with Crippen LogP contribution in [0.2, 0.25) is 5.02 Å². The van der Waals surface area contributed by atoms with Crippen molar-refractivity contribution in [2.24, 2.45) is 5.92 Å². The molecule has 0 radical (unpaired) electrons. The standard InChI is InChI=1S/C25H23ClFN3O4/c1-33-22-4-2-3-21(24(22)34-15-16-5-9-19(27)10-6-16)28-29-25(32)17-13-23(31)30(14-17)20-11-7-18(26)8-12-20/h2-12,17,28H,13-15H2,1H3,(H,29,32)/t17-/m0/s1. The third-order valence-corrected chi connectivity index (χ3v) is 5.70. The van der Waals surface area contributed by atoms with Gasteiger partial charge >= 0.3 is 0 Å². The summed E-state index contributed by atoms with van der Waals surface area (Å²) in [6, 6.07) is 18.1. The number of nitrogens with zero attached hydrogens (tertiary/aromatic N) is 1. The number of anilines is 2. The Morgan fingerprint density at radius 2 is 1.85 bits per heavy atom. The maximum absolute atomic E-state index is 13.2. The van der Waals surface area contributed by atoms with E-state index in [0.29, 0.717) is 27.9 Å². The van der Waals surface area contributed by atoms with Crippen molar-refractivity contribution in [3.8, 4) is 11.5 Å². The molecule has 9 heteroatoms. The van der Waals surface area contributed by atoms with Gasteiger partial charge in [0, 0.05) is 23.7 Å². The highest BCUT2D eigenvalue weighted by atomic mass is 35.5. The summed E-state index contributed by atoms with van der Waals surface area (Å²) in [6.45, 7) is 0.441. The SMILES string of the molecule is COc1cccc(NNC(=O)[C@H]2CC(=O)N(c3ccc(Cl)cc3)C2)c1OCc1ccc(F)cc1. The monoisotopic (exact) mass is 483 g/mol. The number of carbonyl (C=O) groups is 2. The van der Waals surface area contributed by atoms with Crippen LogP contribution in [0.25, 0.3) is 0 Å². The molecular weight excluding hydrogens is 461 g/mol. The molecule has 1 aliphatic heterocycles. The maximum Gasteiger partial charge on any atom is 0.243 e. The van der Waals surface area contributed by atoms with Gasteiger partial charge in [0.25, 0.3) is 0 Å². The van der Waals surface area contributed by atoms with Gasteiger partial charge in [0.1, 0.15) is 12.4 Å². The van der Waals surface area contributed by atoms with E-state index in [1.165, 1.54) is 19.2 Å². The minimum Gasteiger partial charge on any atom is -0.493 e. The van der Waals surface area contributed by atoms with Crippen LogP contribution in [0, 0.1) is 11.7 Å². The lowest BCUT2D eigenvalue weighted by Crippen LogP contribution is -2.36. The second-order valence-corrected chi connectivity index (χ2v) is 8.18. The fourth-order valence-electron chi connectivity index (χ4n) is 3.64. The topological polar surface area (TPSA) is 79.9 Å². The van der Waals surface area contributed by atoms with Crippen LogP contribution in [0.15, 0.2) is 66.7 Å². The van der Waals surface area contributed by atoms with Gasteiger partial charge in [0.2, 0.25) is 11.8 Å². The number of rotatable bonds is 8. The number of ether oxygens (including phenoxy) is 2. The van der Waals surface area contributed by atoms with Crippen LogP contribution in [0.5, 0.6) is 11.5 Å². The van der Waals surface area contributed by atoms with Gasteiger partial charge in [-0.3, -0.25) is 20.4 Å². The van der Waals surface area contributed by atoms with Crippen molar-refractivity contribution in [2.75, 3.05) is 24.0 Å². The molecule has 2 N–H and O–H groups in total. The summed E-state index contributed by atoms with van der Waals surface area (Å²) in [5.74, 6) is -0.452. The highest BCUT2D eigenvalue weighted by Crippen LogP contribution is 2.35. The van der Waals surface area contributed by atoms with Gasteiger partial charge in [-0.05, 0) is 54.1 Å². The molecule has 0 saturated carbocycles. The minimum atomic E-state index is -0.523. The molecule has 4 rings (SSSR count). The largest absolute Gasteiger partial charge is 0.493 e. The summed E-state index contributed by atoms with van der Waals surface area (Å²) in [7, 11) is 1.51. The lowest BCUT2D eigenvalue weighted by molar-refractivity contribution is -0.125. The summed E-state index contributed by atoms with van der Waals surface area (Å²) in [4.78, 5) is 26.8. The van der Waals surface area contributed by atoms with E-state index in [2.05, 4.69) is 10.9 Å². The average Bonchev–Trinajstić information content (AvgIpc) is 3.24. The lowest BCUT2D eigenvalue weighted by atomic mass is 10.1. The Morgan fingerprint density at radius 3 is 2.56 bits per heavy atom. The first-order valence-corrected chi connectivity index (χ1v) is 11.0. The first kappa shape index (κ1) is 23.4. The van der Waals surface area contributed by atoms with Crippen molar-refractivity contribution in [1.82, 2.24) is 5.43 Å². The van der Waals surface area contributed by atoms with Gasteiger partial charge in [-0.1, -0.05) is 29.8 Å². The molecule has 0 spiro atoms. The first-order chi connectivity index (χ1) is 16.4. The van der Waals surface area contributed by atoms with Gasteiger partial charge in [-0.15, -0.1) is 0 Å². The lowest BCUT2D eigenvalue weighted by Gasteiger charge is -2.19. The molecule has 0 aliphatic carbocycles. The smallest absolute Gasteiger partial charge is 0.243 e. The molecule has 2 amide bonds. The van der Waals surface area contributed by atoms with E-state index in [-0.39, 0.29) is 37.2 Å². The van der Waals surface area contributed by atoms with Crippen LogP contribution in [-0.4, -0.2) is 25.5 Å².